The van der Waals surface area contributed by atoms with Gasteiger partial charge in [0.2, 0.25) is 0 Å². The number of fused-ring (bicyclic) bond motifs is 1. The van der Waals surface area contributed by atoms with Crippen molar-refractivity contribution in [2.45, 2.75) is 25.3 Å². The van der Waals surface area contributed by atoms with Crippen molar-refractivity contribution in [3.05, 3.63) is 29.7 Å². The largest absolute Gasteiger partial charge is 0.349 e. The number of aromatic amines is 1. The predicted octanol–water partition coefficient (Wildman–Crippen LogP) is 1.98. The minimum atomic E-state index is -0.504. The molecule has 1 heterocycles. The Morgan fingerprint density at radius 2 is 2.29 bits per heavy atom. The van der Waals surface area contributed by atoms with Gasteiger partial charge in [0.1, 0.15) is 5.82 Å². The molecule has 4 nitrogen and oxygen atoms in total. The maximum Gasteiger partial charge on any atom is 0.255 e. The number of hydrogen-bond donors (Lipinski definition) is 2. The molecule has 1 amide bonds. The lowest BCUT2D eigenvalue weighted by Gasteiger charge is -2.26. The Kier molecular flexibility index (Phi) is 2.31. The van der Waals surface area contributed by atoms with E-state index >= 15 is 0 Å². The van der Waals surface area contributed by atoms with Crippen molar-refractivity contribution < 1.29 is 9.18 Å². The molecule has 2 N–H and O–H groups in total. The fraction of sp³-hybridized carbons (Fsp3) is 0.333. The molecule has 1 aromatic heterocycles. The average molecular weight is 233 g/mol. The van der Waals surface area contributed by atoms with Crippen LogP contribution in [0.1, 0.15) is 29.6 Å². The summed E-state index contributed by atoms with van der Waals surface area (Å²) in [4.78, 5) is 12.0. The standard InChI is InChI=1S/C12H12FN3O/c13-9-4-5-10-8(6-14-16-10)11(9)12(17)15-7-2-1-3-7/h4-7H,1-3H2,(H,14,16)(H,15,17). The molecule has 1 aliphatic rings. The highest BCUT2D eigenvalue weighted by Crippen LogP contribution is 2.22. The monoisotopic (exact) mass is 233 g/mol. The van der Waals surface area contributed by atoms with Crippen molar-refractivity contribution >= 4 is 16.8 Å². The van der Waals surface area contributed by atoms with Crippen LogP contribution >= 0.6 is 0 Å². The van der Waals surface area contributed by atoms with Crippen LogP contribution in [0, 0.1) is 5.82 Å². The number of rotatable bonds is 2. The molecule has 3 rings (SSSR count). The Morgan fingerprint density at radius 1 is 1.47 bits per heavy atom. The number of amides is 1. The summed E-state index contributed by atoms with van der Waals surface area (Å²) in [6, 6.07) is 3.07. The van der Waals surface area contributed by atoms with Gasteiger partial charge in [-0.3, -0.25) is 9.89 Å². The topological polar surface area (TPSA) is 57.8 Å². The van der Waals surface area contributed by atoms with Gasteiger partial charge in [0.25, 0.3) is 5.91 Å². The fourth-order valence-corrected chi connectivity index (χ4v) is 2.03. The number of carbonyl (C=O) groups excluding carboxylic acids is 1. The summed E-state index contributed by atoms with van der Waals surface area (Å²) in [5, 5.41) is 9.92. The smallest absolute Gasteiger partial charge is 0.255 e. The van der Waals surface area contributed by atoms with Crippen LogP contribution in [0.2, 0.25) is 0 Å². The first-order valence-electron chi connectivity index (χ1n) is 5.68. The highest BCUT2D eigenvalue weighted by molar-refractivity contribution is 6.06. The molecule has 1 aliphatic carbocycles. The van der Waals surface area contributed by atoms with Gasteiger partial charge in [-0.05, 0) is 31.4 Å². The molecule has 0 spiro atoms. The fourth-order valence-electron chi connectivity index (χ4n) is 2.03. The van der Waals surface area contributed by atoms with Crippen molar-refractivity contribution in [1.82, 2.24) is 15.5 Å². The first kappa shape index (κ1) is 10.3. The van der Waals surface area contributed by atoms with Crippen LogP contribution < -0.4 is 5.32 Å². The van der Waals surface area contributed by atoms with E-state index in [-0.39, 0.29) is 17.5 Å². The number of nitrogens with zero attached hydrogens (tertiary/aromatic N) is 1. The maximum atomic E-state index is 13.7. The Hall–Kier alpha value is -1.91. The van der Waals surface area contributed by atoms with Crippen molar-refractivity contribution in [3.8, 4) is 0 Å². The van der Waals surface area contributed by atoms with E-state index < -0.39 is 5.82 Å². The lowest BCUT2D eigenvalue weighted by Crippen LogP contribution is -2.39. The van der Waals surface area contributed by atoms with E-state index in [0.717, 1.165) is 19.3 Å². The Bertz CT molecular complexity index is 574. The quantitative estimate of drug-likeness (QED) is 0.833. The van der Waals surface area contributed by atoms with E-state index in [1.54, 1.807) is 6.07 Å². The van der Waals surface area contributed by atoms with Gasteiger partial charge >= 0.3 is 0 Å². The molecule has 2 aromatic rings. The van der Waals surface area contributed by atoms with Crippen molar-refractivity contribution in [1.29, 1.82) is 0 Å². The lowest BCUT2D eigenvalue weighted by atomic mass is 9.93. The summed E-state index contributed by atoms with van der Waals surface area (Å²) in [6.45, 7) is 0. The summed E-state index contributed by atoms with van der Waals surface area (Å²) in [6.07, 6.45) is 4.57. The SMILES string of the molecule is O=C(NC1CCC1)c1c(F)ccc2[nH]ncc12. The molecule has 0 radical (unpaired) electrons. The zero-order chi connectivity index (χ0) is 11.8. The van der Waals surface area contributed by atoms with E-state index in [9.17, 15) is 9.18 Å². The number of H-pyrrole nitrogens is 1. The van der Waals surface area contributed by atoms with E-state index in [4.69, 9.17) is 0 Å². The molecule has 1 fully saturated rings. The van der Waals surface area contributed by atoms with E-state index in [1.807, 2.05) is 0 Å². The number of carbonyl (C=O) groups is 1. The van der Waals surface area contributed by atoms with Gasteiger partial charge in [-0.1, -0.05) is 0 Å². The van der Waals surface area contributed by atoms with Crippen molar-refractivity contribution in [3.63, 3.8) is 0 Å². The molecule has 0 aliphatic heterocycles. The zero-order valence-corrected chi connectivity index (χ0v) is 9.16. The molecule has 17 heavy (non-hydrogen) atoms. The molecule has 5 heteroatoms. The average Bonchev–Trinajstić information content (AvgIpc) is 2.71. The predicted molar refractivity (Wildman–Crippen MR) is 61.2 cm³/mol. The molecular weight excluding hydrogens is 221 g/mol. The Labute approximate surface area is 97.2 Å². The minimum Gasteiger partial charge on any atom is -0.349 e. The molecule has 0 unspecified atom stereocenters. The van der Waals surface area contributed by atoms with E-state index in [2.05, 4.69) is 15.5 Å². The third-order valence-electron chi connectivity index (χ3n) is 3.24. The van der Waals surface area contributed by atoms with Gasteiger partial charge in [0, 0.05) is 11.4 Å². The van der Waals surface area contributed by atoms with Gasteiger partial charge in [-0.15, -0.1) is 0 Å². The highest BCUT2D eigenvalue weighted by Gasteiger charge is 2.23. The first-order chi connectivity index (χ1) is 8.25. The van der Waals surface area contributed by atoms with Crippen LogP contribution in [-0.2, 0) is 0 Å². The normalized spacial score (nSPS) is 15.8. The number of aromatic nitrogens is 2. The van der Waals surface area contributed by atoms with Gasteiger partial charge in [0.15, 0.2) is 0 Å². The molecule has 0 bridgehead atoms. The first-order valence-corrected chi connectivity index (χ1v) is 5.68. The number of benzene rings is 1. The summed E-state index contributed by atoms with van der Waals surface area (Å²) in [7, 11) is 0. The van der Waals surface area contributed by atoms with Crippen LogP contribution in [0.4, 0.5) is 4.39 Å². The van der Waals surface area contributed by atoms with Gasteiger partial charge < -0.3 is 5.32 Å². The molecule has 1 saturated carbocycles. The number of halogens is 1. The third kappa shape index (κ3) is 1.67. The summed E-state index contributed by atoms with van der Waals surface area (Å²) in [5.74, 6) is -0.852. The summed E-state index contributed by atoms with van der Waals surface area (Å²) in [5.41, 5.74) is 0.758. The summed E-state index contributed by atoms with van der Waals surface area (Å²) < 4.78 is 13.7. The third-order valence-corrected chi connectivity index (χ3v) is 3.24. The summed E-state index contributed by atoms with van der Waals surface area (Å²) >= 11 is 0. The lowest BCUT2D eigenvalue weighted by molar-refractivity contribution is 0.0914. The zero-order valence-electron chi connectivity index (χ0n) is 9.16. The number of nitrogens with one attached hydrogen (secondary N) is 2. The van der Waals surface area contributed by atoms with Gasteiger partial charge in [-0.25, -0.2) is 4.39 Å². The highest BCUT2D eigenvalue weighted by atomic mass is 19.1. The van der Waals surface area contributed by atoms with E-state index in [1.165, 1.54) is 12.3 Å². The van der Waals surface area contributed by atoms with Crippen LogP contribution in [0.15, 0.2) is 18.3 Å². The number of hydrogen-bond acceptors (Lipinski definition) is 2. The van der Waals surface area contributed by atoms with Gasteiger partial charge in [0.05, 0.1) is 17.3 Å². The van der Waals surface area contributed by atoms with E-state index in [0.29, 0.717) is 10.9 Å². The van der Waals surface area contributed by atoms with Crippen LogP contribution in [0.5, 0.6) is 0 Å². The minimum absolute atomic E-state index is 0.0863. The van der Waals surface area contributed by atoms with Gasteiger partial charge in [-0.2, -0.15) is 5.10 Å². The van der Waals surface area contributed by atoms with Crippen molar-refractivity contribution in [2.24, 2.45) is 0 Å². The van der Waals surface area contributed by atoms with Crippen molar-refractivity contribution in [2.75, 3.05) is 0 Å². The Morgan fingerprint density at radius 3 is 3.00 bits per heavy atom. The van der Waals surface area contributed by atoms with Crippen LogP contribution in [0.3, 0.4) is 0 Å². The van der Waals surface area contributed by atoms with Crippen LogP contribution in [0.25, 0.3) is 10.9 Å². The molecule has 0 atom stereocenters. The second kappa shape index (κ2) is 3.84. The molecule has 1 aromatic carbocycles. The molecule has 0 saturated heterocycles. The Balaban J connectivity index is 1.99. The maximum absolute atomic E-state index is 13.7. The second-order valence-corrected chi connectivity index (χ2v) is 4.35. The molecular formula is C12H12FN3O. The van der Waals surface area contributed by atoms with Crippen LogP contribution in [-0.4, -0.2) is 22.1 Å². The second-order valence-electron chi connectivity index (χ2n) is 4.35. The molecule has 88 valence electrons.